The van der Waals surface area contributed by atoms with E-state index in [1.165, 1.54) is 4.68 Å². The summed E-state index contributed by atoms with van der Waals surface area (Å²) in [5, 5.41) is 24.8. The van der Waals surface area contributed by atoms with E-state index in [4.69, 9.17) is 0 Å². The number of aromatic nitrogens is 2. The van der Waals surface area contributed by atoms with Crippen molar-refractivity contribution in [2.45, 2.75) is 26.4 Å². The molecule has 0 aliphatic rings. The topological polar surface area (TPSA) is 84.4 Å². The largest absolute Gasteiger partial charge is 0.389 e. The molecule has 0 bridgehead atoms. The Morgan fingerprint density at radius 3 is 2.53 bits per heavy atom. The minimum absolute atomic E-state index is 0.0146. The van der Waals surface area contributed by atoms with E-state index < -0.39 is 10.5 Å². The lowest BCUT2D eigenvalue weighted by Crippen LogP contribution is -2.37. The van der Waals surface area contributed by atoms with Gasteiger partial charge in [0.1, 0.15) is 5.69 Å². The summed E-state index contributed by atoms with van der Waals surface area (Å²) in [6.07, 6.45) is 0. The van der Waals surface area contributed by atoms with E-state index in [2.05, 4.69) is 5.10 Å². The zero-order chi connectivity index (χ0) is 13.4. The average molecular weight is 242 g/mol. The van der Waals surface area contributed by atoms with Crippen LogP contribution in [-0.2, 0) is 7.05 Å². The molecule has 1 heterocycles. The Kier molecular flexibility index (Phi) is 3.42. The molecule has 1 aromatic heterocycles. The molecular weight excluding hydrogens is 224 g/mol. The van der Waals surface area contributed by atoms with Crippen LogP contribution in [0.1, 0.15) is 19.5 Å². The van der Waals surface area contributed by atoms with E-state index in [0.717, 1.165) is 0 Å². The molecule has 0 atom stereocenters. The minimum atomic E-state index is -0.930. The molecule has 0 aromatic carbocycles. The molecule has 7 nitrogen and oxygen atoms in total. The Morgan fingerprint density at radius 1 is 1.59 bits per heavy atom. The summed E-state index contributed by atoms with van der Waals surface area (Å²) in [5.41, 5.74) is -0.574. The van der Waals surface area contributed by atoms with E-state index in [1.54, 1.807) is 39.8 Å². The lowest BCUT2D eigenvalue weighted by Gasteiger charge is -2.26. The molecule has 0 saturated heterocycles. The van der Waals surface area contributed by atoms with E-state index in [-0.39, 0.29) is 12.2 Å². The lowest BCUT2D eigenvalue weighted by molar-refractivity contribution is -0.384. The number of likely N-dealkylation sites (N-methyl/N-ethyl adjacent to an activating group) is 1. The van der Waals surface area contributed by atoms with Gasteiger partial charge in [0.25, 0.3) is 0 Å². The van der Waals surface area contributed by atoms with Crippen molar-refractivity contribution in [2.75, 3.05) is 18.5 Å². The number of anilines is 1. The molecule has 0 aliphatic carbocycles. The molecule has 0 aliphatic heterocycles. The molecule has 17 heavy (non-hydrogen) atoms. The van der Waals surface area contributed by atoms with Crippen molar-refractivity contribution in [3.05, 3.63) is 15.8 Å². The van der Waals surface area contributed by atoms with Gasteiger partial charge in [-0.15, -0.1) is 0 Å². The molecule has 0 radical (unpaired) electrons. The van der Waals surface area contributed by atoms with Gasteiger partial charge in [-0.3, -0.25) is 10.1 Å². The predicted octanol–water partition coefficient (Wildman–Crippen LogP) is 0.844. The first-order chi connectivity index (χ1) is 7.63. The first kappa shape index (κ1) is 13.4. The lowest BCUT2D eigenvalue weighted by atomic mass is 10.1. The van der Waals surface area contributed by atoms with Crippen molar-refractivity contribution in [1.29, 1.82) is 0 Å². The third-order valence-electron chi connectivity index (χ3n) is 2.33. The number of nitro groups is 1. The summed E-state index contributed by atoms with van der Waals surface area (Å²) in [7, 11) is 3.34. The van der Waals surface area contributed by atoms with Crippen LogP contribution in [0.15, 0.2) is 0 Å². The summed E-state index contributed by atoms with van der Waals surface area (Å²) in [6, 6.07) is 0. The maximum Gasteiger partial charge on any atom is 0.333 e. The van der Waals surface area contributed by atoms with Crippen molar-refractivity contribution in [1.82, 2.24) is 9.78 Å². The van der Waals surface area contributed by atoms with Crippen LogP contribution in [-0.4, -0.2) is 39.0 Å². The summed E-state index contributed by atoms with van der Waals surface area (Å²) in [5.74, 6) is 0.398. The minimum Gasteiger partial charge on any atom is -0.389 e. The van der Waals surface area contributed by atoms with Crippen LogP contribution in [0, 0.1) is 17.0 Å². The van der Waals surface area contributed by atoms with Crippen LogP contribution in [0.2, 0.25) is 0 Å². The summed E-state index contributed by atoms with van der Waals surface area (Å²) in [4.78, 5) is 12.2. The molecular formula is C10H18N4O3. The van der Waals surface area contributed by atoms with Crippen molar-refractivity contribution < 1.29 is 10.0 Å². The summed E-state index contributed by atoms with van der Waals surface area (Å²) >= 11 is 0. The van der Waals surface area contributed by atoms with Gasteiger partial charge >= 0.3 is 5.69 Å². The molecule has 0 spiro atoms. The second-order valence-corrected chi connectivity index (χ2v) is 4.81. The molecule has 96 valence electrons. The van der Waals surface area contributed by atoms with Crippen LogP contribution in [0.25, 0.3) is 0 Å². The number of aryl methyl sites for hydroxylation is 2. The summed E-state index contributed by atoms with van der Waals surface area (Å²) in [6.45, 7) is 5.18. The molecule has 1 N–H and O–H groups in total. The molecule has 7 heteroatoms. The molecule has 1 rings (SSSR count). The second kappa shape index (κ2) is 4.33. The third-order valence-corrected chi connectivity index (χ3v) is 2.33. The highest BCUT2D eigenvalue weighted by Gasteiger charge is 2.28. The van der Waals surface area contributed by atoms with E-state index in [9.17, 15) is 15.2 Å². The van der Waals surface area contributed by atoms with Gasteiger partial charge in [-0.05, 0) is 20.8 Å². The van der Waals surface area contributed by atoms with Gasteiger partial charge in [0.15, 0.2) is 0 Å². The Morgan fingerprint density at radius 2 is 2.12 bits per heavy atom. The molecule has 0 unspecified atom stereocenters. The van der Waals surface area contributed by atoms with Crippen molar-refractivity contribution in [3.8, 4) is 0 Å². The van der Waals surface area contributed by atoms with Crippen molar-refractivity contribution in [3.63, 3.8) is 0 Å². The Balaban J connectivity index is 3.17. The monoisotopic (exact) mass is 242 g/mol. The highest BCUT2D eigenvalue weighted by atomic mass is 16.6. The van der Waals surface area contributed by atoms with Crippen molar-refractivity contribution in [2.24, 2.45) is 7.05 Å². The smallest absolute Gasteiger partial charge is 0.333 e. The molecule has 0 saturated carbocycles. The maximum atomic E-state index is 11.0. The van der Waals surface area contributed by atoms with Gasteiger partial charge in [0.2, 0.25) is 5.82 Å². The van der Waals surface area contributed by atoms with Crippen molar-refractivity contribution >= 4 is 11.5 Å². The highest BCUT2D eigenvalue weighted by molar-refractivity contribution is 5.60. The van der Waals surface area contributed by atoms with Gasteiger partial charge in [0.05, 0.1) is 10.5 Å². The number of hydrogen-bond donors (Lipinski definition) is 1. The van der Waals surface area contributed by atoms with E-state index >= 15 is 0 Å². The highest BCUT2D eigenvalue weighted by Crippen LogP contribution is 2.30. The normalized spacial score (nSPS) is 11.6. The Bertz CT molecular complexity index is 433. The molecule has 0 fully saturated rings. The van der Waals surface area contributed by atoms with Gasteiger partial charge in [0, 0.05) is 20.6 Å². The van der Waals surface area contributed by atoms with Crippen LogP contribution in [0.3, 0.4) is 0 Å². The Hall–Kier alpha value is -1.63. The quantitative estimate of drug-likeness (QED) is 0.624. The van der Waals surface area contributed by atoms with E-state index in [1.807, 2.05) is 0 Å². The SMILES string of the molecule is Cc1nn(C)c(N(C)CC(C)(C)O)c1[N+](=O)[O-]. The Labute approximate surface area is 99.8 Å². The first-order valence-electron chi connectivity index (χ1n) is 5.25. The van der Waals surface area contributed by atoms with Gasteiger partial charge in [-0.2, -0.15) is 5.10 Å². The van der Waals surface area contributed by atoms with Gasteiger partial charge in [-0.1, -0.05) is 0 Å². The maximum absolute atomic E-state index is 11.0. The van der Waals surface area contributed by atoms with Gasteiger partial charge < -0.3 is 10.0 Å². The predicted molar refractivity (Wildman–Crippen MR) is 64.2 cm³/mol. The average Bonchev–Trinajstić information content (AvgIpc) is 2.37. The van der Waals surface area contributed by atoms with Crippen LogP contribution in [0.4, 0.5) is 11.5 Å². The second-order valence-electron chi connectivity index (χ2n) is 4.81. The zero-order valence-corrected chi connectivity index (χ0v) is 10.8. The van der Waals surface area contributed by atoms with Crippen LogP contribution < -0.4 is 4.90 Å². The number of aliphatic hydroxyl groups is 1. The number of hydrogen-bond acceptors (Lipinski definition) is 5. The standard InChI is InChI=1S/C10H18N4O3/c1-7-8(14(16)17)9(13(5)11-7)12(4)6-10(2,3)15/h15H,6H2,1-5H3. The fourth-order valence-corrected chi connectivity index (χ4v) is 1.93. The van der Waals surface area contributed by atoms with E-state index in [0.29, 0.717) is 11.5 Å². The fourth-order valence-electron chi connectivity index (χ4n) is 1.93. The van der Waals surface area contributed by atoms with Gasteiger partial charge in [-0.25, -0.2) is 4.68 Å². The third kappa shape index (κ3) is 2.94. The number of nitrogens with zero attached hydrogens (tertiary/aromatic N) is 4. The molecule has 1 aromatic rings. The number of rotatable bonds is 4. The zero-order valence-electron chi connectivity index (χ0n) is 10.8. The molecule has 0 amide bonds. The van der Waals surface area contributed by atoms with Crippen LogP contribution >= 0.6 is 0 Å². The van der Waals surface area contributed by atoms with Crippen LogP contribution in [0.5, 0.6) is 0 Å². The summed E-state index contributed by atoms with van der Waals surface area (Å²) < 4.78 is 1.46. The fraction of sp³-hybridized carbons (Fsp3) is 0.700. The first-order valence-corrected chi connectivity index (χ1v) is 5.25.